The van der Waals surface area contributed by atoms with Gasteiger partial charge < -0.3 is 9.84 Å². The molecule has 1 saturated heterocycles. The van der Waals surface area contributed by atoms with E-state index in [-0.39, 0.29) is 11.8 Å². The molecule has 3 heterocycles. The Bertz CT molecular complexity index is 687. The van der Waals surface area contributed by atoms with Crippen molar-refractivity contribution in [2.75, 3.05) is 0 Å². The molecule has 7 heteroatoms. The van der Waals surface area contributed by atoms with Crippen LogP contribution in [0.25, 0.3) is 5.65 Å². The zero-order chi connectivity index (χ0) is 15.4. The predicted molar refractivity (Wildman–Crippen MR) is 73.3 cm³/mol. The van der Waals surface area contributed by atoms with Crippen LogP contribution in [0.1, 0.15) is 38.6 Å². The monoisotopic (exact) mass is 294 g/mol. The van der Waals surface area contributed by atoms with Crippen LogP contribution in [0.5, 0.6) is 0 Å². The smallest absolute Gasteiger partial charge is 0.247 e. The first-order valence-corrected chi connectivity index (χ1v) is 7.07. The van der Waals surface area contributed by atoms with Crippen molar-refractivity contribution < 1.29 is 14.2 Å². The number of alkyl halides is 1. The summed E-state index contributed by atoms with van der Waals surface area (Å²) >= 11 is 0. The van der Waals surface area contributed by atoms with Crippen molar-refractivity contribution in [3.63, 3.8) is 0 Å². The van der Waals surface area contributed by atoms with E-state index in [1.165, 1.54) is 24.0 Å². The first kappa shape index (κ1) is 14.3. The number of imidazole rings is 1. The predicted octanol–water partition coefficient (Wildman–Crippen LogP) is 1.75. The minimum atomic E-state index is -2.08. The Kier molecular flexibility index (Phi) is 3.04. The fraction of sp³-hybridized carbons (Fsp3) is 0.643. The molecule has 0 spiro atoms. The standard InChI is InChI=1S/C14H19FN4O2/c1-5-10-8(2)13(4,15)14(20,21-10)11-6-16-12-9(3)17-7-18-19(11)12/h6-8,10,20H,5H2,1-4H3/t8-,10-,13-,14?/m1/s1. The maximum atomic E-state index is 15.2. The highest BCUT2D eigenvalue weighted by atomic mass is 19.1. The van der Waals surface area contributed by atoms with Crippen molar-refractivity contribution in [1.82, 2.24) is 19.6 Å². The van der Waals surface area contributed by atoms with Crippen LogP contribution >= 0.6 is 0 Å². The Morgan fingerprint density at radius 1 is 1.48 bits per heavy atom. The topological polar surface area (TPSA) is 72.5 Å². The molecule has 21 heavy (non-hydrogen) atoms. The number of aliphatic hydroxyl groups is 1. The molecule has 2 aromatic heterocycles. The molecule has 114 valence electrons. The summed E-state index contributed by atoms with van der Waals surface area (Å²) in [5, 5.41) is 15.0. The molecule has 3 rings (SSSR count). The summed E-state index contributed by atoms with van der Waals surface area (Å²) in [6, 6.07) is 0. The molecule has 2 aromatic rings. The fourth-order valence-corrected chi connectivity index (χ4v) is 3.00. The molecule has 0 saturated carbocycles. The van der Waals surface area contributed by atoms with Gasteiger partial charge in [0, 0.05) is 5.92 Å². The maximum Gasteiger partial charge on any atom is 0.247 e. The Balaban J connectivity index is 2.19. The lowest BCUT2D eigenvalue weighted by molar-refractivity contribution is -0.253. The molecule has 1 unspecified atom stereocenters. The number of ether oxygens (including phenoxy) is 1. The number of nitrogens with zero attached hydrogens (tertiary/aromatic N) is 4. The number of halogens is 1. The SMILES string of the molecule is CC[C@H]1OC(O)(c2cnc3c(C)ncnn23)[C@](C)(F)[C@@H]1C. The zero-order valence-corrected chi connectivity index (χ0v) is 12.5. The van der Waals surface area contributed by atoms with Crippen LogP contribution < -0.4 is 0 Å². The van der Waals surface area contributed by atoms with Crippen molar-refractivity contribution >= 4 is 5.65 Å². The fourth-order valence-electron chi connectivity index (χ4n) is 3.00. The van der Waals surface area contributed by atoms with E-state index in [9.17, 15) is 5.11 Å². The number of aryl methyl sites for hydroxylation is 1. The van der Waals surface area contributed by atoms with Gasteiger partial charge in [0.05, 0.1) is 18.0 Å². The number of hydrogen-bond donors (Lipinski definition) is 1. The van der Waals surface area contributed by atoms with Crippen LogP contribution in [-0.2, 0) is 10.5 Å². The normalized spacial score (nSPS) is 36.5. The maximum absolute atomic E-state index is 15.2. The molecule has 0 amide bonds. The van der Waals surface area contributed by atoms with E-state index in [1.807, 2.05) is 6.92 Å². The van der Waals surface area contributed by atoms with Gasteiger partial charge in [0.1, 0.15) is 12.0 Å². The van der Waals surface area contributed by atoms with Crippen LogP contribution in [0.2, 0.25) is 0 Å². The Hall–Kier alpha value is -1.60. The second-order valence-electron chi connectivity index (χ2n) is 5.80. The molecule has 0 aromatic carbocycles. The second-order valence-corrected chi connectivity index (χ2v) is 5.80. The van der Waals surface area contributed by atoms with E-state index in [2.05, 4.69) is 15.1 Å². The summed E-state index contributed by atoms with van der Waals surface area (Å²) in [5.41, 5.74) is -0.620. The number of aromatic nitrogens is 4. The Labute approximate surface area is 122 Å². The quantitative estimate of drug-likeness (QED) is 0.913. The summed E-state index contributed by atoms with van der Waals surface area (Å²) in [7, 11) is 0. The largest absolute Gasteiger partial charge is 0.358 e. The van der Waals surface area contributed by atoms with Gasteiger partial charge >= 0.3 is 0 Å². The summed E-state index contributed by atoms with van der Waals surface area (Å²) < 4.78 is 22.3. The van der Waals surface area contributed by atoms with Crippen molar-refractivity contribution in [3.8, 4) is 0 Å². The lowest BCUT2D eigenvalue weighted by atomic mass is 9.83. The van der Waals surface area contributed by atoms with E-state index < -0.39 is 17.4 Å². The minimum Gasteiger partial charge on any atom is -0.358 e. The highest BCUT2D eigenvalue weighted by Gasteiger charge is 2.64. The molecule has 4 atom stereocenters. The van der Waals surface area contributed by atoms with Gasteiger partial charge in [-0.3, -0.25) is 0 Å². The Morgan fingerprint density at radius 3 is 2.81 bits per heavy atom. The zero-order valence-electron chi connectivity index (χ0n) is 12.5. The van der Waals surface area contributed by atoms with Crippen LogP contribution in [0.4, 0.5) is 4.39 Å². The van der Waals surface area contributed by atoms with Gasteiger partial charge in [-0.05, 0) is 20.3 Å². The third-order valence-corrected chi connectivity index (χ3v) is 4.63. The summed E-state index contributed by atoms with van der Waals surface area (Å²) in [6.45, 7) is 6.79. The third kappa shape index (κ3) is 1.74. The average molecular weight is 294 g/mol. The lowest BCUT2D eigenvalue weighted by Gasteiger charge is -2.32. The second kappa shape index (κ2) is 4.45. The van der Waals surface area contributed by atoms with Crippen LogP contribution in [0, 0.1) is 12.8 Å². The molecular formula is C14H19FN4O2. The highest BCUT2D eigenvalue weighted by molar-refractivity contribution is 5.44. The van der Waals surface area contributed by atoms with Crippen molar-refractivity contribution in [3.05, 3.63) is 23.9 Å². The van der Waals surface area contributed by atoms with Crippen LogP contribution in [-0.4, -0.2) is 36.5 Å². The van der Waals surface area contributed by atoms with Gasteiger partial charge in [0.2, 0.25) is 5.79 Å². The minimum absolute atomic E-state index is 0.191. The van der Waals surface area contributed by atoms with Gasteiger partial charge in [-0.15, -0.1) is 0 Å². The molecule has 1 aliphatic heterocycles. The van der Waals surface area contributed by atoms with E-state index in [4.69, 9.17) is 4.74 Å². The molecular weight excluding hydrogens is 275 g/mol. The van der Waals surface area contributed by atoms with E-state index in [0.29, 0.717) is 17.8 Å². The molecule has 0 radical (unpaired) electrons. The van der Waals surface area contributed by atoms with E-state index in [0.717, 1.165) is 0 Å². The Morgan fingerprint density at radius 2 is 2.19 bits per heavy atom. The van der Waals surface area contributed by atoms with Crippen molar-refractivity contribution in [2.45, 2.75) is 51.7 Å². The van der Waals surface area contributed by atoms with Crippen molar-refractivity contribution in [1.29, 1.82) is 0 Å². The number of hydrogen-bond acceptors (Lipinski definition) is 5. The first-order chi connectivity index (χ1) is 9.83. The van der Waals surface area contributed by atoms with Gasteiger partial charge in [-0.1, -0.05) is 13.8 Å². The van der Waals surface area contributed by atoms with Crippen molar-refractivity contribution in [2.24, 2.45) is 5.92 Å². The molecule has 0 bridgehead atoms. The molecule has 1 fully saturated rings. The van der Waals surface area contributed by atoms with Crippen LogP contribution in [0.3, 0.4) is 0 Å². The third-order valence-electron chi connectivity index (χ3n) is 4.63. The molecule has 1 N–H and O–H groups in total. The average Bonchev–Trinajstić information content (AvgIpc) is 2.95. The van der Waals surface area contributed by atoms with Gasteiger partial charge in [-0.2, -0.15) is 5.10 Å². The number of fused-ring (bicyclic) bond motifs is 1. The molecule has 0 aliphatic carbocycles. The van der Waals surface area contributed by atoms with Gasteiger partial charge in [0.25, 0.3) is 0 Å². The van der Waals surface area contributed by atoms with Gasteiger partial charge in [0.15, 0.2) is 11.3 Å². The van der Waals surface area contributed by atoms with E-state index in [1.54, 1.807) is 13.8 Å². The van der Waals surface area contributed by atoms with Crippen LogP contribution in [0.15, 0.2) is 12.5 Å². The number of rotatable bonds is 2. The summed E-state index contributed by atoms with van der Waals surface area (Å²) in [6.07, 6.45) is 3.01. The summed E-state index contributed by atoms with van der Waals surface area (Å²) in [4.78, 5) is 8.22. The molecule has 1 aliphatic rings. The van der Waals surface area contributed by atoms with E-state index >= 15 is 4.39 Å². The highest BCUT2D eigenvalue weighted by Crippen LogP contribution is 2.51. The first-order valence-electron chi connectivity index (χ1n) is 7.07. The lowest BCUT2D eigenvalue weighted by Crippen LogP contribution is -2.46. The summed E-state index contributed by atoms with van der Waals surface area (Å²) in [5.74, 6) is -2.52. The molecule has 6 nitrogen and oxygen atoms in total. The van der Waals surface area contributed by atoms with Gasteiger partial charge in [-0.25, -0.2) is 18.9 Å².